The van der Waals surface area contributed by atoms with Crippen LogP contribution in [0.25, 0.3) is 0 Å². The molecule has 0 fully saturated rings. The third-order valence-electron chi connectivity index (χ3n) is 3.51. The summed E-state index contributed by atoms with van der Waals surface area (Å²) in [4.78, 5) is 47.0. The number of amides is 2. The standard InChI is InChI=1S/C13H26N6O4/c14-6-2-1-3-7(15)10(21)13(19,12(18)23)11(22)8(16)4-5-9(17)20/h7-8H,1-6,14-16,19H2,(H2,17,20)(H2,18,23). The van der Waals surface area contributed by atoms with Crippen LogP contribution in [-0.2, 0) is 19.2 Å². The third kappa shape index (κ3) is 5.67. The van der Waals surface area contributed by atoms with Gasteiger partial charge >= 0.3 is 0 Å². The highest BCUT2D eigenvalue weighted by molar-refractivity contribution is 6.30. The monoisotopic (exact) mass is 330 g/mol. The molecule has 0 saturated carbocycles. The van der Waals surface area contributed by atoms with Crippen LogP contribution in [-0.4, -0.2) is 47.5 Å². The van der Waals surface area contributed by atoms with Crippen molar-refractivity contribution in [1.82, 2.24) is 0 Å². The summed E-state index contributed by atoms with van der Waals surface area (Å²) in [5.41, 5.74) is 29.8. The first-order valence-corrected chi connectivity index (χ1v) is 7.25. The number of ketones is 2. The van der Waals surface area contributed by atoms with Gasteiger partial charge in [0.05, 0.1) is 12.1 Å². The quantitative estimate of drug-likeness (QED) is 0.154. The number of primary amides is 2. The van der Waals surface area contributed by atoms with Crippen molar-refractivity contribution in [2.24, 2.45) is 34.4 Å². The second kappa shape index (κ2) is 9.30. The van der Waals surface area contributed by atoms with Crippen LogP contribution in [0.4, 0.5) is 0 Å². The minimum Gasteiger partial charge on any atom is -0.370 e. The lowest BCUT2D eigenvalue weighted by atomic mass is 9.80. The van der Waals surface area contributed by atoms with E-state index in [1.54, 1.807) is 0 Å². The molecule has 2 amide bonds. The maximum atomic E-state index is 12.3. The molecule has 12 N–H and O–H groups in total. The number of rotatable bonds is 12. The molecule has 0 spiro atoms. The van der Waals surface area contributed by atoms with Crippen LogP contribution in [0.2, 0.25) is 0 Å². The summed E-state index contributed by atoms with van der Waals surface area (Å²) in [5.74, 6) is -4.09. The number of carbonyl (C=O) groups excluding carboxylic acids is 4. The summed E-state index contributed by atoms with van der Waals surface area (Å²) in [6.07, 6.45) is 1.00. The van der Waals surface area contributed by atoms with Crippen LogP contribution < -0.4 is 34.4 Å². The Morgan fingerprint density at radius 1 is 0.870 bits per heavy atom. The van der Waals surface area contributed by atoms with Crippen LogP contribution in [0.1, 0.15) is 32.1 Å². The predicted octanol–water partition coefficient (Wildman–Crippen LogP) is -3.64. The number of hydrogen-bond acceptors (Lipinski definition) is 8. The zero-order valence-electron chi connectivity index (χ0n) is 13.0. The minimum atomic E-state index is -2.63. The summed E-state index contributed by atoms with van der Waals surface area (Å²) >= 11 is 0. The molecule has 0 saturated heterocycles. The van der Waals surface area contributed by atoms with Gasteiger partial charge in [-0.15, -0.1) is 0 Å². The highest BCUT2D eigenvalue weighted by Gasteiger charge is 2.50. The lowest BCUT2D eigenvalue weighted by molar-refractivity contribution is -0.143. The lowest BCUT2D eigenvalue weighted by Gasteiger charge is -2.28. The number of nitrogens with two attached hydrogens (primary N) is 6. The van der Waals surface area contributed by atoms with E-state index >= 15 is 0 Å². The lowest BCUT2D eigenvalue weighted by Crippen LogP contribution is -2.70. The van der Waals surface area contributed by atoms with Crippen LogP contribution in [0, 0.1) is 0 Å². The number of Topliss-reactive ketones (excluding diaryl/α,β-unsaturated/α-hetero) is 2. The second-order valence-corrected chi connectivity index (χ2v) is 5.40. The van der Waals surface area contributed by atoms with Crippen LogP contribution >= 0.6 is 0 Å². The summed E-state index contributed by atoms with van der Waals surface area (Å²) in [5, 5.41) is 0. The van der Waals surface area contributed by atoms with E-state index in [-0.39, 0.29) is 19.3 Å². The Balaban J connectivity index is 5.16. The van der Waals surface area contributed by atoms with Gasteiger partial charge in [0.25, 0.3) is 5.91 Å². The molecule has 0 rings (SSSR count). The molecule has 0 radical (unpaired) electrons. The van der Waals surface area contributed by atoms with E-state index < -0.39 is 41.0 Å². The molecule has 0 heterocycles. The van der Waals surface area contributed by atoms with Gasteiger partial charge in [0.2, 0.25) is 11.4 Å². The van der Waals surface area contributed by atoms with Crippen LogP contribution in [0.15, 0.2) is 0 Å². The first-order chi connectivity index (χ1) is 10.6. The largest absolute Gasteiger partial charge is 0.370 e. The van der Waals surface area contributed by atoms with Gasteiger partial charge in [-0.05, 0) is 25.8 Å². The van der Waals surface area contributed by atoms with E-state index in [0.29, 0.717) is 19.4 Å². The number of unbranched alkanes of at least 4 members (excludes halogenated alkanes) is 1. The predicted molar refractivity (Wildman–Crippen MR) is 83.4 cm³/mol. The van der Waals surface area contributed by atoms with Crippen molar-refractivity contribution in [1.29, 1.82) is 0 Å². The van der Waals surface area contributed by atoms with E-state index in [1.165, 1.54) is 0 Å². The third-order valence-corrected chi connectivity index (χ3v) is 3.51. The SMILES string of the molecule is NCCCCC(N)C(=O)C(N)(C(N)=O)C(=O)C(N)CCC(N)=O. The van der Waals surface area contributed by atoms with Gasteiger partial charge in [0.15, 0.2) is 11.6 Å². The summed E-state index contributed by atoms with van der Waals surface area (Å²) in [7, 11) is 0. The number of hydrogen-bond donors (Lipinski definition) is 6. The molecule has 0 bridgehead atoms. The Hall–Kier alpha value is -1.88. The normalized spacial score (nSPS) is 16.2. The van der Waals surface area contributed by atoms with Gasteiger partial charge in [-0.3, -0.25) is 19.2 Å². The van der Waals surface area contributed by atoms with E-state index in [4.69, 9.17) is 34.4 Å². The van der Waals surface area contributed by atoms with E-state index in [0.717, 1.165) is 0 Å². The number of carbonyl (C=O) groups is 4. The van der Waals surface area contributed by atoms with Crippen LogP contribution in [0.3, 0.4) is 0 Å². The van der Waals surface area contributed by atoms with Crippen molar-refractivity contribution in [3.05, 3.63) is 0 Å². The molecule has 23 heavy (non-hydrogen) atoms. The molecule has 3 atom stereocenters. The van der Waals surface area contributed by atoms with Crippen molar-refractivity contribution in [3.63, 3.8) is 0 Å². The molecule has 0 aliphatic rings. The van der Waals surface area contributed by atoms with Crippen molar-refractivity contribution >= 4 is 23.4 Å². The fraction of sp³-hybridized carbons (Fsp3) is 0.692. The van der Waals surface area contributed by atoms with Gasteiger partial charge in [0.1, 0.15) is 0 Å². The Bertz CT molecular complexity index is 469. The molecule has 0 aliphatic heterocycles. The molecule has 0 aromatic rings. The average Bonchev–Trinajstić information content (AvgIpc) is 2.49. The Morgan fingerprint density at radius 3 is 1.74 bits per heavy atom. The fourth-order valence-electron chi connectivity index (χ4n) is 2.02. The smallest absolute Gasteiger partial charge is 0.253 e. The topological polar surface area (TPSA) is 224 Å². The average molecular weight is 330 g/mol. The Labute approximate surface area is 134 Å². The molecule has 10 heteroatoms. The highest BCUT2D eigenvalue weighted by atomic mass is 16.2. The Kier molecular flexibility index (Phi) is 8.54. The van der Waals surface area contributed by atoms with Crippen LogP contribution in [0.5, 0.6) is 0 Å². The molecular formula is C13H26N6O4. The van der Waals surface area contributed by atoms with Crippen molar-refractivity contribution in [2.75, 3.05) is 6.54 Å². The Morgan fingerprint density at radius 2 is 1.35 bits per heavy atom. The minimum absolute atomic E-state index is 0.157. The molecule has 3 unspecified atom stereocenters. The second-order valence-electron chi connectivity index (χ2n) is 5.40. The van der Waals surface area contributed by atoms with Gasteiger partial charge in [-0.25, -0.2) is 0 Å². The fourth-order valence-corrected chi connectivity index (χ4v) is 2.02. The van der Waals surface area contributed by atoms with Gasteiger partial charge in [0, 0.05) is 6.42 Å². The molecule has 0 aliphatic carbocycles. The first kappa shape index (κ1) is 21.1. The summed E-state index contributed by atoms with van der Waals surface area (Å²) < 4.78 is 0. The summed E-state index contributed by atoms with van der Waals surface area (Å²) in [6, 6.07) is -2.48. The maximum absolute atomic E-state index is 12.3. The molecule has 10 nitrogen and oxygen atoms in total. The van der Waals surface area contributed by atoms with Crippen molar-refractivity contribution < 1.29 is 19.2 Å². The van der Waals surface area contributed by atoms with Crippen molar-refractivity contribution in [2.45, 2.75) is 49.7 Å². The van der Waals surface area contributed by atoms with E-state index in [1.807, 2.05) is 0 Å². The first-order valence-electron chi connectivity index (χ1n) is 7.25. The van der Waals surface area contributed by atoms with Gasteiger partial charge in [-0.2, -0.15) is 0 Å². The zero-order chi connectivity index (χ0) is 18.2. The van der Waals surface area contributed by atoms with Crippen molar-refractivity contribution in [3.8, 4) is 0 Å². The molecule has 0 aromatic heterocycles. The molecule has 0 aromatic carbocycles. The molecular weight excluding hydrogens is 304 g/mol. The van der Waals surface area contributed by atoms with Gasteiger partial charge < -0.3 is 34.4 Å². The van der Waals surface area contributed by atoms with E-state index in [9.17, 15) is 19.2 Å². The summed E-state index contributed by atoms with van der Waals surface area (Å²) in [6.45, 7) is 0.418. The zero-order valence-corrected chi connectivity index (χ0v) is 13.0. The van der Waals surface area contributed by atoms with Gasteiger partial charge in [-0.1, -0.05) is 6.42 Å². The maximum Gasteiger partial charge on any atom is 0.253 e. The highest BCUT2D eigenvalue weighted by Crippen LogP contribution is 2.14. The van der Waals surface area contributed by atoms with E-state index in [2.05, 4.69) is 0 Å². The molecule has 132 valence electrons.